The molecule has 0 bridgehead atoms. The van der Waals surface area contributed by atoms with Crippen molar-refractivity contribution in [1.82, 2.24) is 0 Å². The topological polar surface area (TPSA) is 55.4 Å². The molecule has 0 spiro atoms. The van der Waals surface area contributed by atoms with Gasteiger partial charge < -0.3 is 28.4 Å². The van der Waals surface area contributed by atoms with E-state index in [-0.39, 0.29) is 0 Å². The first-order valence-electron chi connectivity index (χ1n) is 9.11. The summed E-state index contributed by atoms with van der Waals surface area (Å²) in [4.78, 5) is 0. The summed E-state index contributed by atoms with van der Waals surface area (Å²) < 4.78 is 32.7. The molecule has 0 radical (unpaired) electrons. The Morgan fingerprint density at radius 1 is 0.333 bits per heavy atom. The lowest BCUT2D eigenvalue weighted by atomic mass is 10.2. The lowest BCUT2D eigenvalue weighted by molar-refractivity contribution is -0.0168. The monoisotopic (exact) mass is 346 g/mol. The van der Waals surface area contributed by atoms with Crippen molar-refractivity contribution in [3.05, 3.63) is 12.2 Å². The largest absolute Gasteiger partial charge is 0.379 e. The quantitative estimate of drug-likeness (QED) is 0.627. The molecule has 6 heteroatoms. The summed E-state index contributed by atoms with van der Waals surface area (Å²) >= 11 is 0. The molecular formula is C18H34O6. The average Bonchev–Trinajstić information content (AvgIpc) is 2.59. The SMILES string of the molecule is C1=C/CCCOCCOCCOCCOCCOCCOCCC/1. The fourth-order valence-corrected chi connectivity index (χ4v) is 2.04. The lowest BCUT2D eigenvalue weighted by Crippen LogP contribution is -2.14. The number of hydrogen-bond acceptors (Lipinski definition) is 6. The highest BCUT2D eigenvalue weighted by atomic mass is 16.6. The van der Waals surface area contributed by atoms with Crippen LogP contribution in [0, 0.1) is 0 Å². The van der Waals surface area contributed by atoms with Crippen molar-refractivity contribution in [1.29, 1.82) is 0 Å². The zero-order valence-electron chi connectivity index (χ0n) is 14.9. The first kappa shape index (κ1) is 21.5. The fourth-order valence-electron chi connectivity index (χ4n) is 2.04. The van der Waals surface area contributed by atoms with E-state index in [1.807, 2.05) is 0 Å². The lowest BCUT2D eigenvalue weighted by Gasteiger charge is -2.08. The molecule has 142 valence electrons. The Bertz CT molecular complexity index is 246. The Labute approximate surface area is 146 Å². The van der Waals surface area contributed by atoms with Crippen molar-refractivity contribution in [3.63, 3.8) is 0 Å². The summed E-state index contributed by atoms with van der Waals surface area (Å²) in [5.41, 5.74) is 0. The van der Waals surface area contributed by atoms with Gasteiger partial charge in [0, 0.05) is 13.2 Å². The Morgan fingerprint density at radius 3 is 0.875 bits per heavy atom. The first-order valence-corrected chi connectivity index (χ1v) is 9.11. The van der Waals surface area contributed by atoms with E-state index in [0.29, 0.717) is 66.1 Å². The second-order valence-corrected chi connectivity index (χ2v) is 5.43. The number of hydrogen-bond donors (Lipinski definition) is 0. The van der Waals surface area contributed by atoms with Crippen LogP contribution in [0.4, 0.5) is 0 Å². The van der Waals surface area contributed by atoms with Gasteiger partial charge in [0.15, 0.2) is 0 Å². The van der Waals surface area contributed by atoms with Crippen molar-refractivity contribution >= 4 is 0 Å². The third kappa shape index (κ3) is 16.4. The van der Waals surface area contributed by atoms with Crippen LogP contribution in [0.3, 0.4) is 0 Å². The Kier molecular flexibility index (Phi) is 16.9. The van der Waals surface area contributed by atoms with Gasteiger partial charge in [-0.15, -0.1) is 0 Å². The van der Waals surface area contributed by atoms with Crippen LogP contribution in [-0.4, -0.2) is 79.3 Å². The van der Waals surface area contributed by atoms with Gasteiger partial charge in [0.2, 0.25) is 0 Å². The molecule has 1 aliphatic rings. The van der Waals surface area contributed by atoms with Crippen LogP contribution in [-0.2, 0) is 28.4 Å². The molecule has 6 nitrogen and oxygen atoms in total. The smallest absolute Gasteiger partial charge is 0.0701 e. The molecule has 0 saturated carbocycles. The fraction of sp³-hybridized carbons (Fsp3) is 0.889. The number of allylic oxidation sites excluding steroid dienone is 2. The molecule has 1 aliphatic heterocycles. The standard InChI is InChI=1S/C18H34O6/c1-2-4-6-8-20-10-12-22-14-16-24-18-17-23-15-13-21-11-9-19-7-5-3-1/h1-2H,3-18H2/b2-1+. The minimum atomic E-state index is 0.580. The van der Waals surface area contributed by atoms with Gasteiger partial charge in [-0.05, 0) is 25.7 Å². The van der Waals surface area contributed by atoms with Crippen LogP contribution < -0.4 is 0 Å². The van der Waals surface area contributed by atoms with Crippen LogP contribution in [0.25, 0.3) is 0 Å². The molecule has 0 aromatic rings. The van der Waals surface area contributed by atoms with Crippen molar-refractivity contribution in [2.24, 2.45) is 0 Å². The van der Waals surface area contributed by atoms with E-state index in [4.69, 9.17) is 28.4 Å². The molecule has 0 unspecified atom stereocenters. The second kappa shape index (κ2) is 18.8. The zero-order valence-corrected chi connectivity index (χ0v) is 14.9. The van der Waals surface area contributed by atoms with Crippen LogP contribution in [0.1, 0.15) is 25.7 Å². The van der Waals surface area contributed by atoms with Gasteiger partial charge in [0.1, 0.15) is 0 Å². The molecule has 0 atom stereocenters. The average molecular weight is 346 g/mol. The third-order valence-corrected chi connectivity index (χ3v) is 3.35. The summed E-state index contributed by atoms with van der Waals surface area (Å²) in [7, 11) is 0. The maximum atomic E-state index is 5.52. The van der Waals surface area contributed by atoms with E-state index in [1.165, 1.54) is 0 Å². The minimum Gasteiger partial charge on any atom is -0.379 e. The van der Waals surface area contributed by atoms with Gasteiger partial charge in [0.05, 0.1) is 66.1 Å². The number of ether oxygens (including phenoxy) is 6. The molecule has 0 amide bonds. The molecule has 0 fully saturated rings. The van der Waals surface area contributed by atoms with Gasteiger partial charge in [-0.2, -0.15) is 0 Å². The summed E-state index contributed by atoms with van der Waals surface area (Å²) in [5, 5.41) is 0. The highest BCUT2D eigenvalue weighted by molar-refractivity contribution is 4.81. The molecule has 0 N–H and O–H groups in total. The molecule has 1 rings (SSSR count). The van der Waals surface area contributed by atoms with Crippen LogP contribution in [0.15, 0.2) is 12.2 Å². The maximum Gasteiger partial charge on any atom is 0.0701 e. The maximum absolute atomic E-state index is 5.52. The molecule has 0 aromatic carbocycles. The van der Waals surface area contributed by atoms with E-state index < -0.39 is 0 Å². The minimum absolute atomic E-state index is 0.580. The predicted molar refractivity (Wildman–Crippen MR) is 92.5 cm³/mol. The summed E-state index contributed by atoms with van der Waals surface area (Å²) in [6.07, 6.45) is 8.66. The van der Waals surface area contributed by atoms with Crippen molar-refractivity contribution < 1.29 is 28.4 Å². The van der Waals surface area contributed by atoms with E-state index in [0.717, 1.165) is 38.9 Å². The van der Waals surface area contributed by atoms with Crippen molar-refractivity contribution in [2.45, 2.75) is 25.7 Å². The molecule has 0 saturated heterocycles. The first-order chi connectivity index (χ1) is 12.0. The normalized spacial score (nSPS) is 24.7. The van der Waals surface area contributed by atoms with Crippen LogP contribution in [0.2, 0.25) is 0 Å². The Balaban J connectivity index is 2.05. The highest BCUT2D eigenvalue weighted by Gasteiger charge is 1.94. The highest BCUT2D eigenvalue weighted by Crippen LogP contribution is 1.97. The van der Waals surface area contributed by atoms with Crippen LogP contribution >= 0.6 is 0 Å². The second-order valence-electron chi connectivity index (χ2n) is 5.43. The van der Waals surface area contributed by atoms with E-state index in [1.54, 1.807) is 0 Å². The molecular weight excluding hydrogens is 312 g/mol. The Morgan fingerprint density at radius 2 is 0.583 bits per heavy atom. The van der Waals surface area contributed by atoms with Gasteiger partial charge in [0.25, 0.3) is 0 Å². The summed E-state index contributed by atoms with van der Waals surface area (Å²) in [5.74, 6) is 0. The summed E-state index contributed by atoms with van der Waals surface area (Å²) in [6.45, 7) is 7.60. The van der Waals surface area contributed by atoms with Gasteiger partial charge in [-0.25, -0.2) is 0 Å². The van der Waals surface area contributed by atoms with E-state index >= 15 is 0 Å². The van der Waals surface area contributed by atoms with Crippen LogP contribution in [0.5, 0.6) is 0 Å². The Hall–Kier alpha value is -0.500. The van der Waals surface area contributed by atoms with Gasteiger partial charge >= 0.3 is 0 Å². The third-order valence-electron chi connectivity index (χ3n) is 3.35. The molecule has 1 heterocycles. The van der Waals surface area contributed by atoms with Gasteiger partial charge in [-0.1, -0.05) is 12.2 Å². The van der Waals surface area contributed by atoms with Gasteiger partial charge in [-0.3, -0.25) is 0 Å². The predicted octanol–water partition coefficient (Wildman–Crippen LogP) is 2.22. The van der Waals surface area contributed by atoms with E-state index in [9.17, 15) is 0 Å². The van der Waals surface area contributed by atoms with E-state index in [2.05, 4.69) is 12.2 Å². The molecule has 0 aliphatic carbocycles. The van der Waals surface area contributed by atoms with Crippen molar-refractivity contribution in [3.8, 4) is 0 Å². The summed E-state index contributed by atoms with van der Waals surface area (Å²) in [6, 6.07) is 0. The molecule has 24 heavy (non-hydrogen) atoms. The zero-order chi connectivity index (χ0) is 17.0. The molecule has 0 aromatic heterocycles. The van der Waals surface area contributed by atoms with Crippen molar-refractivity contribution in [2.75, 3.05) is 79.3 Å². The number of rotatable bonds is 0.